The summed E-state index contributed by atoms with van der Waals surface area (Å²) in [5.74, 6) is 0. The second kappa shape index (κ2) is 17.1. The Morgan fingerprint density at radius 1 is 0.750 bits per heavy atom. The number of nitrogens with zero attached hydrogens (tertiary/aromatic N) is 2. The molecule has 0 fully saturated rings. The zero-order valence-electron chi connectivity index (χ0n) is 20.1. The molecule has 0 saturated heterocycles. The topological polar surface area (TPSA) is 69.6 Å². The molecule has 0 amide bonds. The van der Waals surface area contributed by atoms with Crippen molar-refractivity contribution in [1.82, 2.24) is 9.13 Å². The van der Waals surface area contributed by atoms with E-state index in [1.165, 1.54) is 37.3 Å². The predicted molar refractivity (Wildman–Crippen MR) is 141 cm³/mol. The summed E-state index contributed by atoms with van der Waals surface area (Å²) < 4.78 is 28.6. The second-order valence-corrected chi connectivity index (χ2v) is 11.6. The van der Waals surface area contributed by atoms with E-state index in [-0.39, 0.29) is 0 Å². The molecule has 8 heteroatoms. The van der Waals surface area contributed by atoms with Crippen LogP contribution in [0, 0.1) is 45.0 Å². The number of hydrogen-bond donors (Lipinski definition) is 0. The van der Waals surface area contributed by atoms with E-state index in [1.54, 1.807) is 0 Å². The Hall–Kier alpha value is -2.48. The van der Waals surface area contributed by atoms with Crippen LogP contribution in [-0.4, -0.2) is 9.13 Å². The SMILES string of the molecule is Cc1cc(C)c(-n2ccn(CP(c3ccccc3)c3ccccc3)[c]2=[Mn][Br])c(C)c1.[C-]#[O+].[C-]#[O+].[C-]#[O+]. The zero-order valence-corrected chi connectivity index (χ0v) is 23.8. The van der Waals surface area contributed by atoms with Crippen LogP contribution < -0.4 is 10.6 Å². The fourth-order valence-corrected chi connectivity index (χ4v) is 8.29. The molecule has 4 aromatic rings. The summed E-state index contributed by atoms with van der Waals surface area (Å²) in [4.78, 5) is 0. The van der Waals surface area contributed by atoms with Gasteiger partial charge >= 0.3 is 227 Å². The van der Waals surface area contributed by atoms with Crippen LogP contribution in [0.5, 0.6) is 0 Å². The van der Waals surface area contributed by atoms with Gasteiger partial charge < -0.3 is 0 Å². The van der Waals surface area contributed by atoms with E-state index in [9.17, 15) is 0 Å². The summed E-state index contributed by atoms with van der Waals surface area (Å²) in [6.07, 6.45) is 5.43. The summed E-state index contributed by atoms with van der Waals surface area (Å²) in [5.41, 5.74) is 5.24. The molecular weight excluding hydrogens is 578 g/mol. The zero-order chi connectivity index (χ0) is 27.1. The summed E-state index contributed by atoms with van der Waals surface area (Å²) in [6, 6.07) is 26.4. The molecule has 4 rings (SSSR count). The van der Waals surface area contributed by atoms with Crippen LogP contribution in [-0.2, 0) is 33.0 Å². The molecule has 0 unspecified atom stereocenters. The number of aryl methyl sites for hydroxylation is 3. The number of benzene rings is 3. The van der Waals surface area contributed by atoms with E-state index in [1.807, 2.05) is 0 Å². The minimum absolute atomic E-state index is 0.491. The van der Waals surface area contributed by atoms with Crippen molar-refractivity contribution >= 4 is 32.6 Å². The number of rotatable bonds is 5. The molecule has 36 heavy (non-hydrogen) atoms. The molecule has 0 atom stereocenters. The van der Waals surface area contributed by atoms with Gasteiger partial charge in [0, 0.05) is 0 Å². The summed E-state index contributed by atoms with van der Waals surface area (Å²) in [5, 5.41) is 2.82. The van der Waals surface area contributed by atoms with Gasteiger partial charge in [0.25, 0.3) is 0 Å². The molecule has 0 radical (unpaired) electrons. The molecular formula is C28H25BrMnN2O3P. The van der Waals surface area contributed by atoms with Crippen LogP contribution >= 0.6 is 22.0 Å². The first-order chi connectivity index (χ1) is 17.6. The van der Waals surface area contributed by atoms with Gasteiger partial charge in [0.1, 0.15) is 0 Å². The van der Waals surface area contributed by atoms with Crippen LogP contribution in [0.1, 0.15) is 16.7 Å². The van der Waals surface area contributed by atoms with Gasteiger partial charge in [-0.15, -0.1) is 0 Å². The van der Waals surface area contributed by atoms with Crippen molar-refractivity contribution in [3.63, 3.8) is 0 Å². The van der Waals surface area contributed by atoms with Gasteiger partial charge in [-0.25, -0.2) is 0 Å². The first-order valence-corrected chi connectivity index (χ1v) is 15.6. The summed E-state index contributed by atoms with van der Waals surface area (Å²) in [7, 11) is -0.491. The molecule has 0 N–H and O–H groups in total. The molecule has 0 aliphatic carbocycles. The second-order valence-electron chi connectivity index (χ2n) is 7.47. The Morgan fingerprint density at radius 3 is 1.61 bits per heavy atom. The molecule has 0 spiro atoms. The van der Waals surface area contributed by atoms with Crippen LogP contribution in [0.15, 0.2) is 85.2 Å². The minimum atomic E-state index is -0.491. The third-order valence-electron chi connectivity index (χ3n) is 5.20. The Labute approximate surface area is 226 Å². The fourth-order valence-electron chi connectivity index (χ4n) is 3.99. The Balaban J connectivity index is 0.00000101. The number of aromatic nitrogens is 2. The quantitative estimate of drug-likeness (QED) is 0.115. The van der Waals surface area contributed by atoms with E-state index in [4.69, 9.17) is 14.0 Å². The van der Waals surface area contributed by atoms with Crippen LogP contribution in [0.4, 0.5) is 0 Å². The van der Waals surface area contributed by atoms with Crippen LogP contribution in [0.25, 0.3) is 5.69 Å². The van der Waals surface area contributed by atoms with Gasteiger partial charge in [-0.2, -0.15) is 0 Å². The molecule has 3 aromatic carbocycles. The van der Waals surface area contributed by atoms with Gasteiger partial charge in [-0.3, -0.25) is 0 Å². The standard InChI is InChI=1S/C25H25N2P.3CO.BrH.Mn/c1-20-16-21(2)25(22(3)17-20)27-15-14-26(18-27)19-28(23-10-6-4-7-11-23)24-12-8-5-9-13-24;3*1-2;;/h4-17H,19H2,1-3H3;;;;1H;/q;;;;;+1/p-1. The summed E-state index contributed by atoms with van der Waals surface area (Å²) >= 11 is 4.30. The van der Waals surface area contributed by atoms with Gasteiger partial charge in [-0.1, -0.05) is 0 Å². The van der Waals surface area contributed by atoms with Gasteiger partial charge in [0.2, 0.25) is 0 Å². The first kappa shape index (κ1) is 31.5. The summed E-state index contributed by atoms with van der Waals surface area (Å²) in [6.45, 7) is 20.1. The Kier molecular flexibility index (Phi) is 14.9. The predicted octanol–water partition coefficient (Wildman–Crippen LogP) is 6.11. The van der Waals surface area contributed by atoms with Crippen molar-refractivity contribution in [2.45, 2.75) is 27.1 Å². The fraction of sp³-hybridized carbons (Fsp3) is 0.143. The number of hydrogen-bond acceptors (Lipinski definition) is 0. The average Bonchev–Trinajstić information content (AvgIpc) is 3.33. The van der Waals surface area contributed by atoms with Crippen molar-refractivity contribution in [1.29, 1.82) is 0 Å². The molecule has 184 valence electrons. The first-order valence-electron chi connectivity index (χ1n) is 10.5. The number of imidazole rings is 1. The third kappa shape index (κ3) is 8.02. The maximum atomic E-state index is 7.50. The van der Waals surface area contributed by atoms with Crippen molar-refractivity contribution in [2.24, 2.45) is 0 Å². The van der Waals surface area contributed by atoms with Crippen molar-refractivity contribution < 1.29 is 26.7 Å². The van der Waals surface area contributed by atoms with Crippen molar-refractivity contribution in [3.05, 3.63) is 126 Å². The molecule has 0 aliphatic rings. The Morgan fingerprint density at radius 2 is 1.19 bits per heavy atom. The van der Waals surface area contributed by atoms with E-state index >= 15 is 0 Å². The van der Waals surface area contributed by atoms with E-state index in [0.717, 1.165) is 6.29 Å². The van der Waals surface area contributed by atoms with Crippen LogP contribution in [0.3, 0.4) is 0 Å². The van der Waals surface area contributed by atoms with Gasteiger partial charge in [0.15, 0.2) is 0 Å². The normalized spacial score (nSPS) is 10.4. The van der Waals surface area contributed by atoms with E-state index in [0.29, 0.717) is 12.7 Å². The molecule has 0 saturated carbocycles. The van der Waals surface area contributed by atoms with E-state index < -0.39 is 7.92 Å². The molecule has 0 aliphatic heterocycles. The molecule has 5 nitrogen and oxygen atoms in total. The van der Waals surface area contributed by atoms with Gasteiger partial charge in [0.05, 0.1) is 0 Å². The number of halogens is 1. The average molecular weight is 603 g/mol. The maximum absolute atomic E-state index is 7.50. The Bertz CT molecular complexity index is 1280. The molecule has 1 aromatic heterocycles. The van der Waals surface area contributed by atoms with Gasteiger partial charge in [-0.05, 0) is 0 Å². The monoisotopic (exact) mass is 602 g/mol. The molecule has 1 heterocycles. The van der Waals surface area contributed by atoms with Crippen LogP contribution in [0.2, 0.25) is 0 Å². The van der Waals surface area contributed by atoms with E-state index in [2.05, 4.69) is 149 Å². The van der Waals surface area contributed by atoms with Crippen molar-refractivity contribution in [3.8, 4) is 5.69 Å². The molecule has 0 bridgehead atoms. The third-order valence-corrected chi connectivity index (χ3v) is 9.56. The van der Waals surface area contributed by atoms with Crippen molar-refractivity contribution in [2.75, 3.05) is 0 Å².